The summed E-state index contributed by atoms with van der Waals surface area (Å²) in [5.41, 5.74) is 22.9. The molecule has 304 valence electrons. The van der Waals surface area contributed by atoms with E-state index in [0.29, 0.717) is 0 Å². The highest BCUT2D eigenvalue weighted by atomic mass is 15.2. The molecular weight excluding hydrogens is 749 g/mol. The molecule has 1 aliphatic carbocycles. The quantitative estimate of drug-likeness (QED) is 0.165. The number of benzene rings is 8. The molecule has 0 amide bonds. The van der Waals surface area contributed by atoms with Gasteiger partial charge in [-0.15, -0.1) is 0 Å². The SMILES string of the molecule is CC/C=C\c1cc(N(c2ccc3c(c2)C(C)(C)c2cc(-c4ccc5c(c4)C(C)(C)c4cccc6c4N5c4ccccc4C6(C)C)ccc2-3)c2cccc3ccccc23)ccc1C. The summed E-state index contributed by atoms with van der Waals surface area (Å²) in [6, 6.07) is 59.9. The molecule has 0 bridgehead atoms. The monoisotopic (exact) mass is 802 g/mol. The van der Waals surface area contributed by atoms with Crippen LogP contribution in [0.25, 0.3) is 39.1 Å². The van der Waals surface area contributed by atoms with Crippen LogP contribution < -0.4 is 9.80 Å². The van der Waals surface area contributed by atoms with E-state index in [1.165, 1.54) is 106 Å². The van der Waals surface area contributed by atoms with Crippen LogP contribution in [0.15, 0.2) is 164 Å². The van der Waals surface area contributed by atoms with Gasteiger partial charge in [0, 0.05) is 33.0 Å². The highest BCUT2D eigenvalue weighted by molar-refractivity contribution is 6.00. The summed E-state index contributed by atoms with van der Waals surface area (Å²) >= 11 is 0. The first-order valence-electron chi connectivity index (χ1n) is 22.4. The molecule has 2 heteroatoms. The summed E-state index contributed by atoms with van der Waals surface area (Å²) in [6.45, 7) is 18.8. The molecule has 0 aromatic heterocycles. The minimum absolute atomic E-state index is 0.0915. The molecule has 8 aromatic carbocycles. The molecule has 3 aliphatic rings. The highest BCUT2D eigenvalue weighted by Crippen LogP contribution is 2.60. The van der Waals surface area contributed by atoms with Crippen LogP contribution in [0.5, 0.6) is 0 Å². The van der Waals surface area contributed by atoms with Gasteiger partial charge in [0.1, 0.15) is 0 Å². The van der Waals surface area contributed by atoms with Gasteiger partial charge < -0.3 is 9.80 Å². The van der Waals surface area contributed by atoms with Gasteiger partial charge in [0.25, 0.3) is 0 Å². The lowest BCUT2D eigenvalue weighted by atomic mass is 9.66. The van der Waals surface area contributed by atoms with Gasteiger partial charge in [-0.1, -0.05) is 164 Å². The average molecular weight is 803 g/mol. The summed E-state index contributed by atoms with van der Waals surface area (Å²) in [4.78, 5) is 5.02. The van der Waals surface area contributed by atoms with E-state index in [4.69, 9.17) is 0 Å². The second kappa shape index (κ2) is 13.7. The number of anilines is 6. The van der Waals surface area contributed by atoms with Crippen molar-refractivity contribution in [2.24, 2.45) is 0 Å². The number of hydrogen-bond donors (Lipinski definition) is 0. The molecule has 62 heavy (non-hydrogen) atoms. The maximum absolute atomic E-state index is 2.55. The van der Waals surface area contributed by atoms with Gasteiger partial charge in [-0.3, -0.25) is 0 Å². The molecular formula is C60H54N2. The molecule has 0 atom stereocenters. The minimum atomic E-state index is -0.212. The average Bonchev–Trinajstić information content (AvgIpc) is 3.51. The summed E-state index contributed by atoms with van der Waals surface area (Å²) in [5.74, 6) is 0. The first-order chi connectivity index (χ1) is 29.9. The van der Waals surface area contributed by atoms with Gasteiger partial charge >= 0.3 is 0 Å². The first kappa shape index (κ1) is 38.3. The molecule has 0 N–H and O–H groups in total. The number of rotatable bonds is 6. The third-order valence-electron chi connectivity index (χ3n) is 14.6. The normalized spacial score (nSPS) is 15.8. The van der Waals surface area contributed by atoms with Crippen LogP contribution in [0.1, 0.15) is 99.4 Å². The Bertz CT molecular complexity index is 3170. The van der Waals surface area contributed by atoms with Crippen molar-refractivity contribution in [3.8, 4) is 22.3 Å². The number of aryl methyl sites for hydroxylation is 1. The van der Waals surface area contributed by atoms with Crippen LogP contribution in [-0.2, 0) is 16.2 Å². The lowest BCUT2D eigenvalue weighted by Crippen LogP contribution is -2.38. The van der Waals surface area contributed by atoms with Crippen LogP contribution >= 0.6 is 0 Å². The number of nitrogens with zero attached hydrogens (tertiary/aromatic N) is 2. The van der Waals surface area contributed by atoms with Gasteiger partial charge in [-0.05, 0) is 140 Å². The summed E-state index contributed by atoms with van der Waals surface area (Å²) in [7, 11) is 0. The molecule has 0 unspecified atom stereocenters. The Kier molecular flexibility index (Phi) is 8.45. The fourth-order valence-electron chi connectivity index (χ4n) is 11.1. The van der Waals surface area contributed by atoms with Crippen molar-refractivity contribution in [3.63, 3.8) is 0 Å². The third kappa shape index (κ3) is 5.48. The van der Waals surface area contributed by atoms with Crippen molar-refractivity contribution < 1.29 is 0 Å². The van der Waals surface area contributed by atoms with E-state index in [9.17, 15) is 0 Å². The minimum Gasteiger partial charge on any atom is -0.310 e. The topological polar surface area (TPSA) is 6.48 Å². The molecule has 0 spiro atoms. The van der Waals surface area contributed by atoms with Gasteiger partial charge in [-0.2, -0.15) is 0 Å². The Hall–Kier alpha value is -6.64. The van der Waals surface area contributed by atoms with Crippen molar-refractivity contribution in [3.05, 3.63) is 208 Å². The largest absolute Gasteiger partial charge is 0.310 e. The number of fused-ring (bicyclic) bond motifs is 8. The molecule has 2 nitrogen and oxygen atoms in total. The third-order valence-corrected chi connectivity index (χ3v) is 14.6. The highest BCUT2D eigenvalue weighted by Gasteiger charge is 2.45. The van der Waals surface area contributed by atoms with Crippen molar-refractivity contribution >= 4 is 51.0 Å². The van der Waals surface area contributed by atoms with Crippen LogP contribution in [0.2, 0.25) is 0 Å². The molecule has 2 heterocycles. The van der Waals surface area contributed by atoms with Crippen LogP contribution in [0.3, 0.4) is 0 Å². The maximum atomic E-state index is 2.55. The van der Waals surface area contributed by atoms with E-state index in [-0.39, 0.29) is 16.2 Å². The summed E-state index contributed by atoms with van der Waals surface area (Å²) in [6.07, 6.45) is 5.53. The predicted octanol–water partition coefficient (Wildman–Crippen LogP) is 16.8. The predicted molar refractivity (Wildman–Crippen MR) is 265 cm³/mol. The van der Waals surface area contributed by atoms with E-state index < -0.39 is 0 Å². The molecule has 0 saturated heterocycles. The maximum Gasteiger partial charge on any atom is 0.0543 e. The van der Waals surface area contributed by atoms with E-state index >= 15 is 0 Å². The van der Waals surface area contributed by atoms with E-state index in [0.717, 1.165) is 12.1 Å². The number of para-hydroxylation sites is 2. The van der Waals surface area contributed by atoms with Crippen molar-refractivity contribution in [1.29, 1.82) is 0 Å². The second-order valence-corrected chi connectivity index (χ2v) is 19.3. The van der Waals surface area contributed by atoms with Gasteiger partial charge in [0.2, 0.25) is 0 Å². The Labute approximate surface area is 367 Å². The Morgan fingerprint density at radius 3 is 1.85 bits per heavy atom. The van der Waals surface area contributed by atoms with Crippen molar-refractivity contribution in [2.45, 2.75) is 78.1 Å². The molecule has 0 saturated carbocycles. The van der Waals surface area contributed by atoms with Crippen molar-refractivity contribution in [1.82, 2.24) is 0 Å². The molecule has 0 fully saturated rings. The lowest BCUT2D eigenvalue weighted by molar-refractivity contribution is 0.597. The summed E-state index contributed by atoms with van der Waals surface area (Å²) in [5, 5.41) is 2.47. The Morgan fingerprint density at radius 1 is 0.500 bits per heavy atom. The second-order valence-electron chi connectivity index (χ2n) is 19.3. The van der Waals surface area contributed by atoms with E-state index in [1.54, 1.807) is 0 Å². The Morgan fingerprint density at radius 2 is 1.06 bits per heavy atom. The summed E-state index contributed by atoms with van der Waals surface area (Å²) < 4.78 is 0. The number of allylic oxidation sites excluding steroid dienone is 1. The lowest BCUT2D eigenvalue weighted by Gasteiger charge is -2.49. The molecule has 0 radical (unpaired) electrons. The van der Waals surface area contributed by atoms with Crippen LogP contribution in [-0.4, -0.2) is 0 Å². The van der Waals surface area contributed by atoms with E-state index in [1.807, 2.05) is 0 Å². The van der Waals surface area contributed by atoms with Crippen LogP contribution in [0, 0.1) is 6.92 Å². The van der Waals surface area contributed by atoms with E-state index in [2.05, 4.69) is 235 Å². The fourth-order valence-corrected chi connectivity index (χ4v) is 11.1. The van der Waals surface area contributed by atoms with Crippen LogP contribution in [0.4, 0.5) is 34.1 Å². The van der Waals surface area contributed by atoms with Gasteiger partial charge in [0.05, 0.1) is 22.7 Å². The van der Waals surface area contributed by atoms with Gasteiger partial charge in [-0.25, -0.2) is 0 Å². The van der Waals surface area contributed by atoms with Gasteiger partial charge in [0.15, 0.2) is 0 Å². The molecule has 11 rings (SSSR count). The Balaban J connectivity index is 1.01. The standard InChI is InChI=1S/C60H54N2/c1-9-10-17-40-34-43(29-26-38(40)2)61(54-25-15-19-39-18-11-12-20-45(39)54)44-30-32-47-46-31-27-41(35-51(46)60(7,8)52(47)37-44)42-28-33-56-53(36-42)59(5,6)50-23-16-22-49-57(50)62(56)55-24-14-13-21-48(55)58(49,3)4/h10-37H,9H2,1-8H3/b17-10-. The smallest absolute Gasteiger partial charge is 0.0543 e. The zero-order valence-corrected chi connectivity index (χ0v) is 37.3. The first-order valence-corrected chi connectivity index (χ1v) is 22.4. The molecule has 2 aliphatic heterocycles. The molecule has 8 aromatic rings. The number of hydrogen-bond acceptors (Lipinski definition) is 2. The zero-order chi connectivity index (χ0) is 42.7. The van der Waals surface area contributed by atoms with Crippen molar-refractivity contribution in [2.75, 3.05) is 9.80 Å². The fraction of sp³-hybridized carbons (Fsp3) is 0.200. The zero-order valence-electron chi connectivity index (χ0n) is 37.3.